The Balaban J connectivity index is 1.37. The average Bonchev–Trinajstić information content (AvgIpc) is 3.30. The number of halogens is 2. The smallest absolute Gasteiger partial charge is 0.262 e. The van der Waals surface area contributed by atoms with Crippen LogP contribution in [0.4, 0.5) is 20.2 Å². The lowest BCUT2D eigenvalue weighted by Gasteiger charge is -2.44. The maximum atomic E-state index is 14.2. The van der Waals surface area contributed by atoms with Crippen molar-refractivity contribution in [3.63, 3.8) is 0 Å². The maximum absolute atomic E-state index is 14.2. The first-order valence-electron chi connectivity index (χ1n) is 15.7. The van der Waals surface area contributed by atoms with Crippen LogP contribution < -0.4 is 14.5 Å². The number of hydrogen-bond donors (Lipinski definition) is 1. The van der Waals surface area contributed by atoms with E-state index in [1.807, 2.05) is 11.8 Å². The van der Waals surface area contributed by atoms with Crippen molar-refractivity contribution in [3.05, 3.63) is 71.4 Å². The summed E-state index contributed by atoms with van der Waals surface area (Å²) in [5, 5.41) is 20.4. The number of alkyl halides is 2. The number of rotatable bonds is 7. The molecule has 236 valence electrons. The van der Waals surface area contributed by atoms with Gasteiger partial charge in [-0.15, -0.1) is 0 Å². The number of nitrogens with one attached hydrogen (secondary N) is 1. The zero-order valence-electron chi connectivity index (χ0n) is 26.3. The van der Waals surface area contributed by atoms with E-state index in [9.17, 15) is 14.0 Å². The molecule has 3 aromatic rings. The predicted octanol–water partition coefficient (Wildman–Crippen LogP) is 5.70. The summed E-state index contributed by atoms with van der Waals surface area (Å²) >= 11 is 0. The molecule has 8 nitrogen and oxygen atoms in total. The Morgan fingerprint density at radius 2 is 1.93 bits per heavy atom. The topological polar surface area (TPSA) is 82.7 Å². The van der Waals surface area contributed by atoms with Crippen LogP contribution in [0.3, 0.4) is 0 Å². The van der Waals surface area contributed by atoms with E-state index in [1.165, 1.54) is 33.7 Å². The molecule has 2 fully saturated rings. The Labute approximate surface area is 264 Å². The summed E-state index contributed by atoms with van der Waals surface area (Å²) in [4.78, 5) is 13.4. The lowest BCUT2D eigenvalue weighted by Crippen LogP contribution is -2.55. The van der Waals surface area contributed by atoms with Gasteiger partial charge in [-0.05, 0) is 50.4 Å². The third-order valence-electron chi connectivity index (χ3n) is 9.63. The van der Waals surface area contributed by atoms with Gasteiger partial charge in [-0.3, -0.25) is 10.3 Å². The highest BCUT2D eigenvalue weighted by molar-refractivity contribution is 5.97. The first-order chi connectivity index (χ1) is 21.6. The van der Waals surface area contributed by atoms with Gasteiger partial charge in [0.05, 0.1) is 43.0 Å². The summed E-state index contributed by atoms with van der Waals surface area (Å²) in [5.41, 5.74) is 6.42. The third kappa shape index (κ3) is 5.94. The first kappa shape index (κ1) is 30.8. The van der Waals surface area contributed by atoms with Crippen LogP contribution in [0.1, 0.15) is 35.2 Å². The van der Waals surface area contributed by atoms with E-state index >= 15 is 0 Å². The Morgan fingerprint density at radius 3 is 2.64 bits per heavy atom. The van der Waals surface area contributed by atoms with Crippen molar-refractivity contribution in [2.45, 2.75) is 57.7 Å². The summed E-state index contributed by atoms with van der Waals surface area (Å²) in [7, 11) is 1.72. The number of piperazine rings is 1. The molecule has 45 heavy (non-hydrogen) atoms. The monoisotopic (exact) mass is 613 g/mol. The Kier molecular flexibility index (Phi) is 8.40. The van der Waals surface area contributed by atoms with Crippen LogP contribution in [0.5, 0.6) is 5.88 Å². The molecule has 10 heteroatoms. The number of aromatic nitrogens is 1. The normalized spacial score (nSPS) is 21.5. The van der Waals surface area contributed by atoms with E-state index < -0.39 is 12.0 Å². The molecule has 0 amide bonds. The largest absolute Gasteiger partial charge is 0.476 e. The van der Waals surface area contributed by atoms with Crippen molar-refractivity contribution in [1.29, 1.82) is 10.7 Å². The van der Waals surface area contributed by atoms with Gasteiger partial charge in [-0.1, -0.05) is 36.9 Å². The molecule has 2 atom stereocenters. The van der Waals surface area contributed by atoms with Crippen molar-refractivity contribution in [2.75, 3.05) is 56.2 Å². The Hall–Kier alpha value is -4.23. The Bertz CT molecular complexity index is 1660. The van der Waals surface area contributed by atoms with Crippen molar-refractivity contribution < 1.29 is 13.5 Å². The number of anilines is 2. The molecule has 0 unspecified atom stereocenters. The minimum atomic E-state index is -2.72. The average molecular weight is 614 g/mol. The highest BCUT2D eigenvalue weighted by atomic mass is 19.3. The van der Waals surface area contributed by atoms with Crippen molar-refractivity contribution in [2.24, 2.45) is 0 Å². The fourth-order valence-corrected chi connectivity index (χ4v) is 7.37. The van der Waals surface area contributed by atoms with E-state index in [0.717, 1.165) is 29.9 Å². The van der Waals surface area contributed by atoms with Gasteiger partial charge in [0.25, 0.3) is 5.92 Å². The van der Waals surface area contributed by atoms with Crippen molar-refractivity contribution in [1.82, 2.24) is 14.8 Å². The molecule has 1 N–H and O–H groups in total. The number of nitriles is 1. The van der Waals surface area contributed by atoms with Crippen LogP contribution in [0, 0.1) is 30.6 Å². The standard InChI is InChI=1S/C35H41F2N7O/c1-5-31(39)44-17-16-43(19-26(44)12-14-38)33-24(3)34(45-21-27-18-35(36,37)22-41(27)4)40-29-20-42(15-13-28(29)33)30-11-7-10-25-9-6-8-23(2)32(25)30/h5-11,26-27,39H,1,12-13,15-22H2,2-4H3/t26-,27-/m0/s1. The van der Waals surface area contributed by atoms with E-state index in [2.05, 4.69) is 65.8 Å². The number of ether oxygens (including phenoxy) is 1. The molecule has 0 radical (unpaired) electrons. The molecule has 2 saturated heterocycles. The summed E-state index contributed by atoms with van der Waals surface area (Å²) < 4.78 is 34.7. The number of pyridine rings is 1. The molecule has 4 heterocycles. The van der Waals surface area contributed by atoms with Gasteiger partial charge < -0.3 is 19.4 Å². The van der Waals surface area contributed by atoms with Crippen LogP contribution in [-0.4, -0.2) is 85.0 Å². The number of fused-ring (bicyclic) bond motifs is 2. The number of likely N-dealkylation sites (N-methyl/N-ethyl adjacent to an activating group) is 1. The fraction of sp³-hybridized carbons (Fsp3) is 0.457. The Morgan fingerprint density at radius 1 is 1.16 bits per heavy atom. The zero-order chi connectivity index (χ0) is 31.9. The van der Waals surface area contributed by atoms with Crippen LogP contribution in [0.2, 0.25) is 0 Å². The van der Waals surface area contributed by atoms with E-state index in [-0.39, 0.29) is 25.6 Å². The molecule has 6 rings (SSSR count). The highest BCUT2D eigenvalue weighted by Crippen LogP contribution is 2.40. The van der Waals surface area contributed by atoms with E-state index in [0.29, 0.717) is 44.3 Å². The number of nitrogens with zero attached hydrogens (tertiary/aromatic N) is 6. The second-order valence-corrected chi connectivity index (χ2v) is 12.6. The molecule has 1 aromatic heterocycles. The molecule has 2 aromatic carbocycles. The van der Waals surface area contributed by atoms with Crippen LogP contribution in [-0.2, 0) is 13.0 Å². The van der Waals surface area contributed by atoms with Gasteiger partial charge in [-0.2, -0.15) is 5.26 Å². The minimum absolute atomic E-state index is 0.131. The summed E-state index contributed by atoms with van der Waals surface area (Å²) in [6, 6.07) is 14.5. The predicted molar refractivity (Wildman–Crippen MR) is 175 cm³/mol. The highest BCUT2D eigenvalue weighted by Gasteiger charge is 2.43. The summed E-state index contributed by atoms with van der Waals surface area (Å²) in [5.74, 6) is -1.93. The minimum Gasteiger partial charge on any atom is -0.476 e. The van der Waals surface area contributed by atoms with Gasteiger partial charge in [0.15, 0.2) is 0 Å². The number of amidine groups is 1. The summed E-state index contributed by atoms with van der Waals surface area (Å²) in [6.07, 6.45) is 2.36. The molecule has 3 aliphatic heterocycles. The lowest BCUT2D eigenvalue weighted by atomic mass is 9.96. The second kappa shape index (κ2) is 12.3. The number of hydrogen-bond acceptors (Lipinski definition) is 7. The quantitative estimate of drug-likeness (QED) is 0.271. The fourth-order valence-electron chi connectivity index (χ4n) is 7.37. The van der Waals surface area contributed by atoms with Crippen LogP contribution >= 0.6 is 0 Å². The van der Waals surface area contributed by atoms with Crippen LogP contribution in [0.25, 0.3) is 10.8 Å². The third-order valence-corrected chi connectivity index (χ3v) is 9.63. The van der Waals surface area contributed by atoms with Gasteiger partial charge in [0.1, 0.15) is 12.4 Å². The van der Waals surface area contributed by atoms with Gasteiger partial charge in [-0.25, -0.2) is 13.8 Å². The van der Waals surface area contributed by atoms with Gasteiger partial charge in [0.2, 0.25) is 5.88 Å². The van der Waals surface area contributed by atoms with Gasteiger partial charge >= 0.3 is 0 Å². The first-order valence-corrected chi connectivity index (χ1v) is 15.7. The number of likely N-dealkylation sites (tertiary alicyclic amines) is 1. The lowest BCUT2D eigenvalue weighted by molar-refractivity contribution is 0.0137. The molecule has 0 spiro atoms. The second-order valence-electron chi connectivity index (χ2n) is 12.6. The molecular weight excluding hydrogens is 572 g/mol. The maximum Gasteiger partial charge on any atom is 0.262 e. The summed E-state index contributed by atoms with van der Waals surface area (Å²) in [6.45, 7) is 11.0. The SMILES string of the molecule is C=CC(=N)N1CCN(c2c(C)c(OC[C@@H]3CC(F)(F)CN3C)nc3c2CCN(c2cccc4cccc(C)c24)C3)C[C@@H]1CC#N. The van der Waals surface area contributed by atoms with E-state index in [1.54, 1.807) is 11.9 Å². The van der Waals surface area contributed by atoms with Gasteiger partial charge in [0, 0.05) is 60.8 Å². The van der Waals surface area contributed by atoms with Crippen molar-refractivity contribution >= 4 is 28.0 Å². The van der Waals surface area contributed by atoms with Crippen molar-refractivity contribution in [3.8, 4) is 11.9 Å². The molecule has 0 aliphatic carbocycles. The van der Waals surface area contributed by atoms with E-state index in [4.69, 9.17) is 15.1 Å². The molecule has 0 saturated carbocycles. The number of aryl methyl sites for hydroxylation is 1. The zero-order valence-corrected chi connectivity index (χ0v) is 26.3. The molecule has 0 bridgehead atoms. The molecular formula is C35H41F2N7O. The number of benzene rings is 2. The molecule has 3 aliphatic rings. The van der Waals surface area contributed by atoms with Crippen LogP contribution in [0.15, 0.2) is 49.1 Å².